The van der Waals surface area contributed by atoms with Crippen molar-refractivity contribution in [2.75, 3.05) is 10.6 Å². The van der Waals surface area contributed by atoms with Crippen LogP contribution >= 0.6 is 22.9 Å². The molecule has 2 heterocycles. The van der Waals surface area contributed by atoms with Crippen LogP contribution in [0.1, 0.15) is 36.0 Å². The molecule has 4 rings (SSSR count). The number of carbonyl (C=O) groups excluding carboxylic acids is 1. The zero-order valence-electron chi connectivity index (χ0n) is 14.6. The molecule has 4 N–H and O–H groups in total. The first kappa shape index (κ1) is 18.2. The topological polar surface area (TPSA) is 92.9 Å². The van der Waals surface area contributed by atoms with Crippen LogP contribution in [0.4, 0.5) is 11.5 Å². The predicted octanol–water partition coefficient (Wildman–Crippen LogP) is 4.28. The van der Waals surface area contributed by atoms with E-state index >= 15 is 0 Å². The van der Waals surface area contributed by atoms with E-state index in [1.165, 1.54) is 17.8 Å². The maximum absolute atomic E-state index is 12.7. The van der Waals surface area contributed by atoms with Gasteiger partial charge in [-0.3, -0.25) is 4.79 Å². The van der Waals surface area contributed by atoms with Crippen molar-refractivity contribution in [3.63, 3.8) is 0 Å². The van der Waals surface area contributed by atoms with E-state index in [4.69, 9.17) is 17.3 Å². The van der Waals surface area contributed by atoms with Gasteiger partial charge >= 0.3 is 0 Å². The third-order valence-electron chi connectivity index (χ3n) is 4.80. The molecule has 140 valence electrons. The number of fused-ring (bicyclic) bond motifs is 1. The number of carbonyl (C=O) groups is 1. The van der Waals surface area contributed by atoms with Crippen molar-refractivity contribution >= 4 is 50.7 Å². The van der Waals surface area contributed by atoms with Gasteiger partial charge in [0.25, 0.3) is 5.91 Å². The zero-order chi connectivity index (χ0) is 18.8. The summed E-state index contributed by atoms with van der Waals surface area (Å²) in [6.07, 6.45) is 6.06. The number of nitrogens with one attached hydrogen (secondary N) is 2. The van der Waals surface area contributed by atoms with Crippen molar-refractivity contribution in [2.24, 2.45) is 5.73 Å². The van der Waals surface area contributed by atoms with Crippen LogP contribution in [0.15, 0.2) is 35.8 Å². The van der Waals surface area contributed by atoms with Gasteiger partial charge in [0.1, 0.15) is 16.2 Å². The number of amides is 1. The molecule has 1 aromatic carbocycles. The van der Waals surface area contributed by atoms with E-state index < -0.39 is 0 Å². The number of thiophene rings is 1. The lowest BCUT2D eigenvalue weighted by Gasteiger charge is -2.29. The normalized spacial score (nSPS) is 19.8. The Morgan fingerprint density at radius 2 is 2.07 bits per heavy atom. The summed E-state index contributed by atoms with van der Waals surface area (Å²) in [6.45, 7) is 0. The summed E-state index contributed by atoms with van der Waals surface area (Å²) in [4.78, 5) is 22.5. The number of aromatic nitrogens is 2. The Morgan fingerprint density at radius 3 is 2.89 bits per heavy atom. The van der Waals surface area contributed by atoms with E-state index in [1.807, 2.05) is 12.1 Å². The molecule has 0 radical (unpaired) electrons. The van der Waals surface area contributed by atoms with Gasteiger partial charge in [0.15, 0.2) is 0 Å². The van der Waals surface area contributed by atoms with Gasteiger partial charge in [-0.25, -0.2) is 9.97 Å². The van der Waals surface area contributed by atoms with Crippen LogP contribution < -0.4 is 16.4 Å². The minimum Gasteiger partial charge on any atom is -0.364 e. The van der Waals surface area contributed by atoms with Gasteiger partial charge in [-0.15, -0.1) is 11.3 Å². The van der Waals surface area contributed by atoms with Gasteiger partial charge in [0.2, 0.25) is 0 Å². The Balaban J connectivity index is 1.58. The van der Waals surface area contributed by atoms with Crippen molar-refractivity contribution in [3.05, 3.63) is 46.4 Å². The van der Waals surface area contributed by atoms with Crippen LogP contribution in [0, 0.1) is 0 Å². The van der Waals surface area contributed by atoms with E-state index in [0.29, 0.717) is 27.6 Å². The van der Waals surface area contributed by atoms with Gasteiger partial charge in [0.05, 0.1) is 22.5 Å². The minimum atomic E-state index is -0.254. The monoisotopic (exact) mass is 401 g/mol. The van der Waals surface area contributed by atoms with Crippen molar-refractivity contribution in [1.82, 2.24) is 9.97 Å². The standard InChI is InChI=1S/C19H20ClN5OS/c20-12-5-1-3-7-14(12)24-18(26)11-10-27-19-17(11)25-16(9-22-19)23-15-8-4-2-6-13(15)21/h1,3,5,7,9-10,13,15H,2,4,6,8,21H2,(H,23,25)(H,24,26)/t13-,15+/m0/s1. The Morgan fingerprint density at radius 1 is 1.26 bits per heavy atom. The molecule has 0 spiro atoms. The summed E-state index contributed by atoms with van der Waals surface area (Å²) in [5.41, 5.74) is 7.85. The number of rotatable bonds is 4. The van der Waals surface area contributed by atoms with Crippen molar-refractivity contribution in [1.29, 1.82) is 0 Å². The molecule has 1 fully saturated rings. The summed E-state index contributed by atoms with van der Waals surface area (Å²) in [5, 5.41) is 8.49. The largest absolute Gasteiger partial charge is 0.364 e. The number of hydrogen-bond donors (Lipinski definition) is 3. The molecule has 1 aliphatic rings. The number of hydrogen-bond acceptors (Lipinski definition) is 6. The quantitative estimate of drug-likeness (QED) is 0.606. The van der Waals surface area contributed by atoms with E-state index in [2.05, 4.69) is 20.6 Å². The fraction of sp³-hybridized carbons (Fsp3) is 0.316. The van der Waals surface area contributed by atoms with E-state index in [9.17, 15) is 4.79 Å². The molecule has 0 aliphatic heterocycles. The highest BCUT2D eigenvalue weighted by atomic mass is 35.5. The Kier molecular flexibility index (Phi) is 5.24. The van der Waals surface area contributed by atoms with E-state index in [-0.39, 0.29) is 18.0 Å². The van der Waals surface area contributed by atoms with Crippen LogP contribution in [-0.2, 0) is 0 Å². The molecule has 6 nitrogen and oxygen atoms in total. The molecule has 1 aliphatic carbocycles. The lowest BCUT2D eigenvalue weighted by atomic mass is 9.91. The number of anilines is 2. The first-order chi connectivity index (χ1) is 13.1. The first-order valence-electron chi connectivity index (χ1n) is 8.94. The molecule has 1 saturated carbocycles. The molecule has 27 heavy (non-hydrogen) atoms. The SMILES string of the molecule is N[C@H]1CCCC[C@H]1Nc1cnc2scc(C(=O)Nc3ccccc3Cl)c2n1. The van der Waals surface area contributed by atoms with E-state index in [0.717, 1.165) is 24.1 Å². The number of halogens is 1. The second kappa shape index (κ2) is 7.80. The van der Waals surface area contributed by atoms with Crippen molar-refractivity contribution < 1.29 is 4.79 Å². The van der Waals surface area contributed by atoms with Crippen molar-refractivity contribution in [3.8, 4) is 0 Å². The van der Waals surface area contributed by atoms with Crippen LogP contribution in [0.5, 0.6) is 0 Å². The molecule has 1 amide bonds. The summed E-state index contributed by atoms with van der Waals surface area (Å²) < 4.78 is 0. The maximum Gasteiger partial charge on any atom is 0.258 e. The summed E-state index contributed by atoms with van der Waals surface area (Å²) in [6, 6.07) is 7.43. The predicted molar refractivity (Wildman–Crippen MR) is 111 cm³/mol. The van der Waals surface area contributed by atoms with Gasteiger partial charge in [-0.2, -0.15) is 0 Å². The average Bonchev–Trinajstić information content (AvgIpc) is 3.09. The second-order valence-electron chi connectivity index (χ2n) is 6.69. The highest BCUT2D eigenvalue weighted by molar-refractivity contribution is 7.17. The van der Waals surface area contributed by atoms with E-state index in [1.54, 1.807) is 23.7 Å². The van der Waals surface area contributed by atoms with Crippen LogP contribution in [0.3, 0.4) is 0 Å². The van der Waals surface area contributed by atoms with Crippen molar-refractivity contribution in [2.45, 2.75) is 37.8 Å². The molecule has 3 aromatic rings. The number of para-hydroxylation sites is 1. The lowest BCUT2D eigenvalue weighted by molar-refractivity contribution is 0.102. The summed E-state index contributed by atoms with van der Waals surface area (Å²) >= 11 is 7.53. The minimum absolute atomic E-state index is 0.113. The second-order valence-corrected chi connectivity index (χ2v) is 7.96. The molecule has 2 atom stereocenters. The number of nitrogens with two attached hydrogens (primary N) is 1. The van der Waals surface area contributed by atoms with Gasteiger partial charge < -0.3 is 16.4 Å². The van der Waals surface area contributed by atoms with Gasteiger partial charge in [-0.05, 0) is 25.0 Å². The first-order valence-corrected chi connectivity index (χ1v) is 10.2. The highest BCUT2D eigenvalue weighted by Crippen LogP contribution is 2.27. The Bertz CT molecular complexity index is 976. The zero-order valence-corrected chi connectivity index (χ0v) is 16.2. The molecule has 8 heteroatoms. The Labute approximate surface area is 166 Å². The number of benzene rings is 1. The maximum atomic E-state index is 12.7. The molecule has 0 saturated heterocycles. The summed E-state index contributed by atoms with van der Waals surface area (Å²) in [5.74, 6) is 0.394. The molecule has 2 aromatic heterocycles. The smallest absolute Gasteiger partial charge is 0.258 e. The molecular formula is C19H20ClN5OS. The molecule has 0 bridgehead atoms. The third-order valence-corrected chi connectivity index (χ3v) is 6.01. The van der Waals surface area contributed by atoms with Crippen LogP contribution in [0.2, 0.25) is 5.02 Å². The van der Waals surface area contributed by atoms with Crippen LogP contribution in [0.25, 0.3) is 10.3 Å². The van der Waals surface area contributed by atoms with Gasteiger partial charge in [0, 0.05) is 17.5 Å². The Hall–Kier alpha value is -2.22. The fourth-order valence-corrected chi connectivity index (χ4v) is 4.33. The number of nitrogens with zero attached hydrogens (tertiary/aromatic N) is 2. The van der Waals surface area contributed by atoms with Crippen LogP contribution in [-0.4, -0.2) is 28.0 Å². The lowest BCUT2D eigenvalue weighted by Crippen LogP contribution is -2.42. The molecule has 0 unspecified atom stereocenters. The third kappa shape index (κ3) is 3.90. The summed E-state index contributed by atoms with van der Waals surface area (Å²) in [7, 11) is 0. The fourth-order valence-electron chi connectivity index (χ4n) is 3.32. The van der Waals surface area contributed by atoms with Gasteiger partial charge in [-0.1, -0.05) is 36.6 Å². The highest BCUT2D eigenvalue weighted by Gasteiger charge is 2.23. The average molecular weight is 402 g/mol. The molecular weight excluding hydrogens is 382 g/mol.